The van der Waals surface area contributed by atoms with Gasteiger partial charge in [0.2, 0.25) is 11.8 Å². The molecule has 0 aliphatic carbocycles. The first kappa shape index (κ1) is 23.9. The van der Waals surface area contributed by atoms with Crippen LogP contribution in [0.4, 0.5) is 10.5 Å². The highest BCUT2D eigenvalue weighted by Gasteiger charge is 2.25. The molecule has 1 N–H and O–H groups in total. The zero-order valence-corrected chi connectivity index (χ0v) is 19.7. The maximum atomic E-state index is 12.6. The maximum Gasteiger partial charge on any atom is 0.409 e. The van der Waals surface area contributed by atoms with Gasteiger partial charge in [-0.2, -0.15) is 0 Å². The van der Waals surface area contributed by atoms with E-state index in [4.69, 9.17) is 9.47 Å². The molecule has 0 saturated carbocycles. The van der Waals surface area contributed by atoms with Gasteiger partial charge in [0.1, 0.15) is 5.75 Å². The van der Waals surface area contributed by atoms with E-state index >= 15 is 0 Å². The van der Waals surface area contributed by atoms with E-state index in [9.17, 15) is 14.4 Å². The number of anilines is 1. The average molecular weight is 479 g/mol. The number of benzene rings is 1. The Labute approximate surface area is 195 Å². The molecule has 172 valence electrons. The Kier molecular flexibility index (Phi) is 8.74. The van der Waals surface area contributed by atoms with E-state index in [1.165, 1.54) is 23.1 Å². The standard InChI is InChI=1S/C21H26N4O5S2/c1-3-30-21(28)25-9-7-24(8-10-25)19(27)12-16-13-31-20(23-16)32-14-18(26)22-15-5-4-6-17(11-15)29-2/h4-6,11,13H,3,7-10,12,14H2,1-2H3,(H,22,26). The molecule has 3 amide bonds. The lowest BCUT2D eigenvalue weighted by molar-refractivity contribution is -0.132. The third kappa shape index (κ3) is 6.86. The van der Waals surface area contributed by atoms with Crippen LogP contribution in [0.25, 0.3) is 0 Å². The topological polar surface area (TPSA) is 101 Å². The minimum Gasteiger partial charge on any atom is -0.497 e. The Bertz CT molecular complexity index is 944. The van der Waals surface area contributed by atoms with Crippen molar-refractivity contribution in [3.8, 4) is 5.75 Å². The van der Waals surface area contributed by atoms with Crippen molar-refractivity contribution >= 4 is 46.7 Å². The van der Waals surface area contributed by atoms with Crippen molar-refractivity contribution in [1.82, 2.24) is 14.8 Å². The molecular weight excluding hydrogens is 452 g/mol. The number of carbonyl (C=O) groups is 3. The van der Waals surface area contributed by atoms with Crippen molar-refractivity contribution in [3.05, 3.63) is 35.3 Å². The van der Waals surface area contributed by atoms with Crippen LogP contribution in [-0.4, -0.2) is 78.3 Å². The van der Waals surface area contributed by atoms with E-state index in [0.29, 0.717) is 49.9 Å². The van der Waals surface area contributed by atoms with Crippen LogP contribution < -0.4 is 10.1 Å². The molecule has 1 aliphatic heterocycles. The number of hydrogen-bond donors (Lipinski definition) is 1. The van der Waals surface area contributed by atoms with E-state index in [1.807, 2.05) is 17.5 Å². The SMILES string of the molecule is CCOC(=O)N1CCN(C(=O)Cc2csc(SCC(=O)Nc3cccc(OC)c3)n2)CC1. The van der Waals surface area contributed by atoms with Crippen LogP contribution in [-0.2, 0) is 20.7 Å². The van der Waals surface area contributed by atoms with Gasteiger partial charge in [0.15, 0.2) is 4.34 Å². The van der Waals surface area contributed by atoms with Crippen LogP contribution in [0, 0.1) is 0 Å². The molecule has 1 saturated heterocycles. The number of nitrogens with one attached hydrogen (secondary N) is 1. The molecule has 2 heterocycles. The molecule has 0 unspecified atom stereocenters. The summed E-state index contributed by atoms with van der Waals surface area (Å²) in [6.07, 6.45) is -0.136. The first-order chi connectivity index (χ1) is 15.5. The summed E-state index contributed by atoms with van der Waals surface area (Å²) < 4.78 is 10.9. The number of methoxy groups -OCH3 is 1. The van der Waals surface area contributed by atoms with Crippen LogP contribution in [0.5, 0.6) is 5.75 Å². The molecule has 11 heteroatoms. The second kappa shape index (κ2) is 11.7. The number of ether oxygens (including phenoxy) is 2. The minimum absolute atomic E-state index is 0.0221. The molecule has 1 aromatic heterocycles. The third-order valence-corrected chi connectivity index (χ3v) is 6.77. The number of thiazole rings is 1. The van der Waals surface area contributed by atoms with Crippen molar-refractivity contribution in [3.63, 3.8) is 0 Å². The molecule has 3 rings (SSSR count). The van der Waals surface area contributed by atoms with Crippen LogP contribution in [0.15, 0.2) is 34.0 Å². The second-order valence-electron chi connectivity index (χ2n) is 6.92. The monoisotopic (exact) mass is 478 g/mol. The highest BCUT2D eigenvalue weighted by atomic mass is 32.2. The summed E-state index contributed by atoms with van der Waals surface area (Å²) in [6.45, 7) is 3.99. The number of carbonyl (C=O) groups excluding carboxylic acids is 3. The fourth-order valence-corrected chi connectivity index (χ4v) is 4.73. The molecule has 1 fully saturated rings. The largest absolute Gasteiger partial charge is 0.497 e. The number of nitrogens with zero attached hydrogens (tertiary/aromatic N) is 3. The first-order valence-electron chi connectivity index (χ1n) is 10.2. The summed E-state index contributed by atoms with van der Waals surface area (Å²) >= 11 is 2.74. The van der Waals surface area contributed by atoms with Gasteiger partial charge < -0.3 is 24.6 Å². The lowest BCUT2D eigenvalue weighted by Crippen LogP contribution is -2.51. The van der Waals surface area contributed by atoms with Gasteiger partial charge in [-0.15, -0.1) is 11.3 Å². The fraction of sp³-hybridized carbons (Fsp3) is 0.429. The van der Waals surface area contributed by atoms with Gasteiger partial charge in [-0.05, 0) is 19.1 Å². The van der Waals surface area contributed by atoms with Gasteiger partial charge in [-0.25, -0.2) is 9.78 Å². The van der Waals surface area contributed by atoms with Crippen molar-refractivity contribution in [2.24, 2.45) is 0 Å². The Morgan fingerprint density at radius 2 is 1.94 bits per heavy atom. The van der Waals surface area contributed by atoms with Gasteiger partial charge in [0, 0.05) is 43.3 Å². The fourth-order valence-electron chi connectivity index (χ4n) is 3.08. The van der Waals surface area contributed by atoms with Crippen LogP contribution in [0.2, 0.25) is 0 Å². The lowest BCUT2D eigenvalue weighted by atomic mass is 10.2. The van der Waals surface area contributed by atoms with Gasteiger partial charge in [0.05, 0.1) is 31.6 Å². The summed E-state index contributed by atoms with van der Waals surface area (Å²) in [6, 6.07) is 7.17. The molecule has 0 atom stereocenters. The molecule has 0 bridgehead atoms. The lowest BCUT2D eigenvalue weighted by Gasteiger charge is -2.34. The number of piperazine rings is 1. The summed E-state index contributed by atoms with van der Waals surface area (Å²) in [5.74, 6) is 0.724. The minimum atomic E-state index is -0.337. The normalized spacial score (nSPS) is 13.6. The molecule has 0 spiro atoms. The number of aromatic nitrogens is 1. The molecule has 1 aromatic carbocycles. The smallest absolute Gasteiger partial charge is 0.409 e. The number of amides is 3. The number of rotatable bonds is 8. The Morgan fingerprint density at radius 1 is 1.19 bits per heavy atom. The van der Waals surface area contributed by atoms with Crippen molar-refractivity contribution in [2.75, 3.05) is 51.0 Å². The summed E-state index contributed by atoms with van der Waals surface area (Å²) in [4.78, 5) is 44.4. The van der Waals surface area contributed by atoms with Gasteiger partial charge in [-0.1, -0.05) is 17.8 Å². The molecular formula is C21H26N4O5S2. The number of thioether (sulfide) groups is 1. The highest BCUT2D eigenvalue weighted by Crippen LogP contribution is 2.24. The summed E-state index contributed by atoms with van der Waals surface area (Å²) in [5.41, 5.74) is 1.35. The van der Waals surface area contributed by atoms with Gasteiger partial charge >= 0.3 is 6.09 Å². The van der Waals surface area contributed by atoms with E-state index < -0.39 is 0 Å². The average Bonchev–Trinajstić information content (AvgIpc) is 3.25. The predicted octanol–water partition coefficient (Wildman–Crippen LogP) is 2.73. The number of hydrogen-bond acceptors (Lipinski definition) is 8. The summed E-state index contributed by atoms with van der Waals surface area (Å²) in [7, 11) is 1.57. The third-order valence-electron chi connectivity index (χ3n) is 4.70. The zero-order valence-electron chi connectivity index (χ0n) is 18.0. The molecule has 0 radical (unpaired) electrons. The summed E-state index contributed by atoms with van der Waals surface area (Å²) in [5, 5.41) is 4.67. The quantitative estimate of drug-likeness (QED) is 0.582. The highest BCUT2D eigenvalue weighted by molar-refractivity contribution is 8.01. The van der Waals surface area contributed by atoms with E-state index in [2.05, 4.69) is 10.3 Å². The molecule has 9 nitrogen and oxygen atoms in total. The van der Waals surface area contributed by atoms with Crippen LogP contribution in [0.3, 0.4) is 0 Å². The van der Waals surface area contributed by atoms with E-state index in [1.54, 1.807) is 36.0 Å². The maximum absolute atomic E-state index is 12.6. The Hall–Kier alpha value is -2.79. The molecule has 2 aromatic rings. The van der Waals surface area contributed by atoms with Crippen LogP contribution in [0.1, 0.15) is 12.6 Å². The van der Waals surface area contributed by atoms with Crippen molar-refractivity contribution < 1.29 is 23.9 Å². The van der Waals surface area contributed by atoms with E-state index in [-0.39, 0.29) is 30.1 Å². The van der Waals surface area contributed by atoms with E-state index in [0.717, 1.165) is 4.34 Å². The zero-order chi connectivity index (χ0) is 22.9. The van der Waals surface area contributed by atoms with Gasteiger partial charge in [-0.3, -0.25) is 9.59 Å². The Balaban J connectivity index is 1.42. The predicted molar refractivity (Wildman–Crippen MR) is 123 cm³/mol. The molecule has 32 heavy (non-hydrogen) atoms. The van der Waals surface area contributed by atoms with Gasteiger partial charge in [0.25, 0.3) is 0 Å². The van der Waals surface area contributed by atoms with Crippen molar-refractivity contribution in [1.29, 1.82) is 0 Å². The van der Waals surface area contributed by atoms with Crippen LogP contribution >= 0.6 is 23.1 Å². The first-order valence-corrected chi connectivity index (χ1v) is 12.1. The molecule has 1 aliphatic rings. The second-order valence-corrected chi connectivity index (χ2v) is 9.00. The van der Waals surface area contributed by atoms with Crippen molar-refractivity contribution in [2.45, 2.75) is 17.7 Å². The Morgan fingerprint density at radius 3 is 2.66 bits per heavy atom.